The van der Waals surface area contributed by atoms with E-state index >= 15 is 0 Å². The Kier molecular flexibility index (Phi) is 5.14. The summed E-state index contributed by atoms with van der Waals surface area (Å²) in [6.07, 6.45) is 0. The van der Waals surface area contributed by atoms with E-state index in [1.165, 1.54) is 11.1 Å². The summed E-state index contributed by atoms with van der Waals surface area (Å²) >= 11 is 0. The van der Waals surface area contributed by atoms with Crippen LogP contribution in [0, 0.1) is 13.8 Å². The number of methoxy groups -OCH3 is 1. The Morgan fingerprint density at radius 2 is 1.76 bits per heavy atom. The summed E-state index contributed by atoms with van der Waals surface area (Å²) in [4.78, 5) is 9.00. The molecule has 0 fully saturated rings. The van der Waals surface area contributed by atoms with Crippen molar-refractivity contribution < 1.29 is 4.74 Å². The van der Waals surface area contributed by atoms with Gasteiger partial charge in [0.2, 0.25) is 5.95 Å². The maximum atomic E-state index is 5.25. The highest BCUT2D eigenvalue weighted by Gasteiger charge is 2.04. The molecule has 5 nitrogen and oxygen atoms in total. The van der Waals surface area contributed by atoms with Gasteiger partial charge in [-0.15, -0.1) is 0 Å². The predicted molar refractivity (Wildman–Crippen MR) is 102 cm³/mol. The lowest BCUT2D eigenvalue weighted by molar-refractivity contribution is 0.415. The van der Waals surface area contributed by atoms with Crippen molar-refractivity contribution in [3.05, 3.63) is 71.4 Å². The number of aromatic nitrogens is 2. The highest BCUT2D eigenvalue weighted by atomic mass is 16.5. The molecule has 3 aromatic rings. The van der Waals surface area contributed by atoms with Crippen molar-refractivity contribution >= 4 is 17.5 Å². The third-order valence-electron chi connectivity index (χ3n) is 3.77. The van der Waals surface area contributed by atoms with Gasteiger partial charge < -0.3 is 15.4 Å². The molecule has 0 unspecified atom stereocenters. The predicted octanol–water partition coefficient (Wildman–Crippen LogP) is 4.46. The maximum absolute atomic E-state index is 5.25. The zero-order valence-corrected chi connectivity index (χ0v) is 14.7. The number of nitrogens with zero attached hydrogens (tertiary/aromatic N) is 2. The SMILES string of the molecule is COc1cccc(Nc2cc(C)nc(NCc3ccc(C)cc3)n2)c1. The molecule has 1 aromatic heterocycles. The Balaban J connectivity index is 1.72. The van der Waals surface area contributed by atoms with E-state index in [1.807, 2.05) is 37.3 Å². The average molecular weight is 334 g/mol. The number of nitrogens with one attached hydrogen (secondary N) is 2. The van der Waals surface area contributed by atoms with Crippen LogP contribution in [0.3, 0.4) is 0 Å². The van der Waals surface area contributed by atoms with Crippen molar-refractivity contribution in [2.75, 3.05) is 17.7 Å². The molecule has 0 bridgehead atoms. The zero-order chi connectivity index (χ0) is 17.6. The van der Waals surface area contributed by atoms with Crippen molar-refractivity contribution in [3.8, 4) is 5.75 Å². The zero-order valence-electron chi connectivity index (χ0n) is 14.7. The molecule has 2 N–H and O–H groups in total. The number of rotatable bonds is 6. The molecule has 0 aliphatic carbocycles. The molecule has 0 amide bonds. The van der Waals surface area contributed by atoms with Gasteiger partial charge in [-0.25, -0.2) is 4.98 Å². The minimum Gasteiger partial charge on any atom is -0.497 e. The Morgan fingerprint density at radius 1 is 0.960 bits per heavy atom. The van der Waals surface area contributed by atoms with Gasteiger partial charge in [-0.1, -0.05) is 35.9 Å². The summed E-state index contributed by atoms with van der Waals surface area (Å²) in [6, 6.07) is 18.1. The van der Waals surface area contributed by atoms with E-state index in [-0.39, 0.29) is 0 Å². The van der Waals surface area contributed by atoms with Gasteiger partial charge in [-0.3, -0.25) is 0 Å². The second-order valence-electron chi connectivity index (χ2n) is 5.91. The molecule has 0 aliphatic heterocycles. The van der Waals surface area contributed by atoms with E-state index in [9.17, 15) is 0 Å². The fourth-order valence-electron chi connectivity index (χ4n) is 2.45. The van der Waals surface area contributed by atoms with Gasteiger partial charge in [0.15, 0.2) is 0 Å². The Hall–Kier alpha value is -3.08. The summed E-state index contributed by atoms with van der Waals surface area (Å²) in [7, 11) is 1.65. The van der Waals surface area contributed by atoms with E-state index in [1.54, 1.807) is 7.11 Å². The van der Waals surface area contributed by atoms with E-state index < -0.39 is 0 Å². The molecule has 5 heteroatoms. The van der Waals surface area contributed by atoms with Crippen molar-refractivity contribution in [1.82, 2.24) is 9.97 Å². The van der Waals surface area contributed by atoms with Crippen molar-refractivity contribution in [2.24, 2.45) is 0 Å². The lowest BCUT2D eigenvalue weighted by Crippen LogP contribution is -2.06. The van der Waals surface area contributed by atoms with E-state index in [0.717, 1.165) is 22.9 Å². The largest absolute Gasteiger partial charge is 0.497 e. The van der Waals surface area contributed by atoms with Crippen LogP contribution in [-0.4, -0.2) is 17.1 Å². The number of hydrogen-bond acceptors (Lipinski definition) is 5. The fraction of sp³-hybridized carbons (Fsp3) is 0.200. The molecule has 128 valence electrons. The summed E-state index contributed by atoms with van der Waals surface area (Å²) < 4.78 is 5.25. The molecular formula is C20H22N4O. The number of ether oxygens (including phenoxy) is 1. The van der Waals surface area contributed by atoms with Crippen LogP contribution in [0.5, 0.6) is 5.75 Å². The quantitative estimate of drug-likeness (QED) is 0.697. The average Bonchev–Trinajstić information content (AvgIpc) is 2.61. The van der Waals surface area contributed by atoms with Crippen LogP contribution in [0.15, 0.2) is 54.6 Å². The second kappa shape index (κ2) is 7.66. The molecule has 25 heavy (non-hydrogen) atoms. The first-order chi connectivity index (χ1) is 12.1. The van der Waals surface area contributed by atoms with Crippen LogP contribution < -0.4 is 15.4 Å². The Bertz CT molecular complexity index is 847. The summed E-state index contributed by atoms with van der Waals surface area (Å²) in [5.41, 5.74) is 4.26. The molecule has 0 radical (unpaired) electrons. The summed E-state index contributed by atoms with van der Waals surface area (Å²) in [5.74, 6) is 2.15. The number of aryl methyl sites for hydroxylation is 2. The van der Waals surface area contributed by atoms with Crippen molar-refractivity contribution in [3.63, 3.8) is 0 Å². The van der Waals surface area contributed by atoms with Crippen LogP contribution in [0.4, 0.5) is 17.5 Å². The smallest absolute Gasteiger partial charge is 0.225 e. The summed E-state index contributed by atoms with van der Waals surface area (Å²) in [6.45, 7) is 4.72. The van der Waals surface area contributed by atoms with Gasteiger partial charge in [-0.2, -0.15) is 4.98 Å². The lowest BCUT2D eigenvalue weighted by atomic mass is 10.1. The molecular weight excluding hydrogens is 312 g/mol. The van der Waals surface area contributed by atoms with Crippen LogP contribution in [0.25, 0.3) is 0 Å². The molecule has 3 rings (SSSR count). The van der Waals surface area contributed by atoms with Crippen LogP contribution in [-0.2, 0) is 6.54 Å². The molecule has 0 saturated heterocycles. The lowest BCUT2D eigenvalue weighted by Gasteiger charge is -2.11. The number of hydrogen-bond donors (Lipinski definition) is 2. The first-order valence-electron chi connectivity index (χ1n) is 8.18. The molecule has 0 saturated carbocycles. The fourth-order valence-corrected chi connectivity index (χ4v) is 2.45. The molecule has 0 atom stereocenters. The monoisotopic (exact) mass is 334 g/mol. The first-order valence-corrected chi connectivity index (χ1v) is 8.18. The van der Waals surface area contributed by atoms with Gasteiger partial charge in [0.05, 0.1) is 7.11 Å². The van der Waals surface area contributed by atoms with Crippen LogP contribution in [0.2, 0.25) is 0 Å². The second-order valence-corrected chi connectivity index (χ2v) is 5.91. The minimum absolute atomic E-state index is 0.603. The topological polar surface area (TPSA) is 59.1 Å². The standard InChI is InChI=1S/C20H22N4O/c1-14-7-9-16(10-8-14)13-21-20-22-15(2)11-19(24-20)23-17-5-4-6-18(12-17)25-3/h4-12H,13H2,1-3H3,(H2,21,22,23,24). The molecule has 0 aliphatic rings. The third kappa shape index (κ3) is 4.70. The first kappa shape index (κ1) is 16.8. The number of anilines is 3. The van der Waals surface area contributed by atoms with Gasteiger partial charge in [-0.05, 0) is 31.5 Å². The Morgan fingerprint density at radius 3 is 2.52 bits per heavy atom. The molecule has 1 heterocycles. The number of benzene rings is 2. The van der Waals surface area contributed by atoms with Crippen molar-refractivity contribution in [1.29, 1.82) is 0 Å². The van der Waals surface area contributed by atoms with Crippen LogP contribution in [0.1, 0.15) is 16.8 Å². The van der Waals surface area contributed by atoms with Crippen molar-refractivity contribution in [2.45, 2.75) is 20.4 Å². The highest BCUT2D eigenvalue weighted by Crippen LogP contribution is 2.21. The van der Waals surface area contributed by atoms with E-state index in [2.05, 4.69) is 51.8 Å². The molecule has 0 spiro atoms. The summed E-state index contributed by atoms with van der Waals surface area (Å²) in [5, 5.41) is 6.58. The van der Waals surface area contributed by atoms with Crippen LogP contribution >= 0.6 is 0 Å². The van der Waals surface area contributed by atoms with Gasteiger partial charge in [0.1, 0.15) is 11.6 Å². The third-order valence-corrected chi connectivity index (χ3v) is 3.77. The highest BCUT2D eigenvalue weighted by molar-refractivity contribution is 5.59. The molecule has 2 aromatic carbocycles. The minimum atomic E-state index is 0.603. The normalized spacial score (nSPS) is 10.4. The maximum Gasteiger partial charge on any atom is 0.225 e. The van der Waals surface area contributed by atoms with E-state index in [4.69, 9.17) is 4.74 Å². The van der Waals surface area contributed by atoms with Gasteiger partial charge >= 0.3 is 0 Å². The van der Waals surface area contributed by atoms with E-state index in [0.29, 0.717) is 12.5 Å². The Labute approximate surface area is 148 Å². The van der Waals surface area contributed by atoms with Gasteiger partial charge in [0, 0.05) is 30.1 Å². The van der Waals surface area contributed by atoms with Gasteiger partial charge in [0.25, 0.3) is 0 Å².